The molecule has 0 radical (unpaired) electrons. The van der Waals surface area contributed by atoms with Crippen molar-refractivity contribution < 1.29 is 9.59 Å². The van der Waals surface area contributed by atoms with Crippen LogP contribution in [0.25, 0.3) is 5.70 Å². The van der Waals surface area contributed by atoms with Crippen molar-refractivity contribution in [3.63, 3.8) is 0 Å². The maximum Gasteiger partial charge on any atom is 0.245 e. The standard InChI is InChI=1S/C19H20N4O2/c1-14-4-6-16(7-5-14)17-8-9-19(25)23(22-17)13-18(24)21-12-15-3-2-10-20-11-15/h2-8,10-11,22H,9,12-13H2,1H3,(H,21,24). The van der Waals surface area contributed by atoms with Crippen LogP contribution in [0.5, 0.6) is 0 Å². The molecule has 1 aliphatic rings. The number of carbonyl (C=O) groups is 2. The zero-order chi connectivity index (χ0) is 17.6. The maximum absolute atomic E-state index is 12.1. The molecule has 2 heterocycles. The van der Waals surface area contributed by atoms with Crippen LogP contribution in [0.4, 0.5) is 0 Å². The molecule has 0 atom stereocenters. The van der Waals surface area contributed by atoms with Crippen LogP contribution in [-0.4, -0.2) is 28.4 Å². The van der Waals surface area contributed by atoms with Gasteiger partial charge in [0.1, 0.15) is 6.54 Å². The van der Waals surface area contributed by atoms with Crippen molar-refractivity contribution in [2.75, 3.05) is 6.54 Å². The number of carbonyl (C=O) groups excluding carboxylic acids is 2. The first-order chi connectivity index (χ1) is 12.1. The first-order valence-corrected chi connectivity index (χ1v) is 8.11. The summed E-state index contributed by atoms with van der Waals surface area (Å²) in [6.45, 7) is 2.37. The molecule has 3 rings (SSSR count). The topological polar surface area (TPSA) is 74.3 Å². The fraction of sp³-hybridized carbons (Fsp3) is 0.211. The molecule has 0 saturated carbocycles. The summed E-state index contributed by atoms with van der Waals surface area (Å²) in [5.74, 6) is -0.359. The van der Waals surface area contributed by atoms with Gasteiger partial charge >= 0.3 is 0 Å². The van der Waals surface area contributed by atoms with Gasteiger partial charge in [0, 0.05) is 25.4 Å². The second-order valence-corrected chi connectivity index (χ2v) is 5.92. The van der Waals surface area contributed by atoms with Gasteiger partial charge in [-0.2, -0.15) is 0 Å². The van der Waals surface area contributed by atoms with Gasteiger partial charge in [-0.15, -0.1) is 0 Å². The number of aromatic nitrogens is 1. The highest BCUT2D eigenvalue weighted by atomic mass is 16.2. The number of rotatable bonds is 5. The van der Waals surface area contributed by atoms with Crippen LogP contribution < -0.4 is 10.7 Å². The second-order valence-electron chi connectivity index (χ2n) is 5.92. The van der Waals surface area contributed by atoms with E-state index in [4.69, 9.17) is 0 Å². The molecule has 0 saturated heterocycles. The van der Waals surface area contributed by atoms with Gasteiger partial charge < -0.3 is 5.32 Å². The highest BCUT2D eigenvalue weighted by molar-refractivity contribution is 5.88. The van der Waals surface area contributed by atoms with Crippen molar-refractivity contribution >= 4 is 17.5 Å². The number of hydrogen-bond donors (Lipinski definition) is 2. The lowest BCUT2D eigenvalue weighted by atomic mass is 10.1. The predicted molar refractivity (Wildman–Crippen MR) is 94.7 cm³/mol. The van der Waals surface area contributed by atoms with E-state index >= 15 is 0 Å². The molecule has 128 valence electrons. The van der Waals surface area contributed by atoms with Crippen LogP contribution in [-0.2, 0) is 16.1 Å². The Labute approximate surface area is 146 Å². The van der Waals surface area contributed by atoms with Crippen molar-refractivity contribution in [3.8, 4) is 0 Å². The smallest absolute Gasteiger partial charge is 0.245 e. The van der Waals surface area contributed by atoms with Crippen LogP contribution in [0.1, 0.15) is 23.1 Å². The summed E-state index contributed by atoms with van der Waals surface area (Å²) in [4.78, 5) is 28.2. The monoisotopic (exact) mass is 336 g/mol. The normalized spacial score (nSPS) is 13.9. The molecule has 2 N–H and O–H groups in total. The highest BCUT2D eigenvalue weighted by Gasteiger charge is 2.21. The van der Waals surface area contributed by atoms with Crippen LogP contribution in [0.3, 0.4) is 0 Å². The summed E-state index contributed by atoms with van der Waals surface area (Å²) in [6, 6.07) is 11.7. The quantitative estimate of drug-likeness (QED) is 0.873. The zero-order valence-electron chi connectivity index (χ0n) is 14.0. The van der Waals surface area contributed by atoms with E-state index in [9.17, 15) is 9.59 Å². The summed E-state index contributed by atoms with van der Waals surface area (Å²) in [6.07, 6.45) is 5.49. The lowest BCUT2D eigenvalue weighted by Gasteiger charge is -2.28. The van der Waals surface area contributed by atoms with Crippen molar-refractivity contribution in [1.82, 2.24) is 20.7 Å². The minimum atomic E-state index is -0.227. The zero-order valence-corrected chi connectivity index (χ0v) is 14.0. The Kier molecular flexibility index (Phi) is 5.09. The average molecular weight is 336 g/mol. The Hall–Kier alpha value is -3.15. The molecule has 0 bridgehead atoms. The molecule has 0 spiro atoms. The molecule has 0 aliphatic carbocycles. The Morgan fingerprint density at radius 3 is 2.80 bits per heavy atom. The second kappa shape index (κ2) is 7.61. The summed E-state index contributed by atoms with van der Waals surface area (Å²) in [5.41, 5.74) is 6.94. The van der Waals surface area contributed by atoms with Crippen molar-refractivity contribution in [1.29, 1.82) is 0 Å². The number of amides is 2. The number of hydrazine groups is 1. The summed E-state index contributed by atoms with van der Waals surface area (Å²) in [5, 5.41) is 4.15. The van der Waals surface area contributed by atoms with E-state index in [0.29, 0.717) is 6.54 Å². The molecular formula is C19H20N4O2. The number of pyridine rings is 1. The first kappa shape index (κ1) is 16.7. The van der Waals surface area contributed by atoms with Gasteiger partial charge in [-0.05, 0) is 30.2 Å². The SMILES string of the molecule is Cc1ccc(C2=CCC(=O)N(CC(=O)NCc3cccnc3)N2)cc1. The van der Waals surface area contributed by atoms with Crippen molar-refractivity contribution in [3.05, 3.63) is 71.6 Å². The van der Waals surface area contributed by atoms with E-state index in [1.165, 1.54) is 10.6 Å². The molecule has 0 unspecified atom stereocenters. The van der Waals surface area contributed by atoms with E-state index in [0.717, 1.165) is 16.8 Å². The van der Waals surface area contributed by atoms with Gasteiger partial charge in [0.2, 0.25) is 11.8 Å². The third-order valence-electron chi connectivity index (χ3n) is 3.91. The van der Waals surface area contributed by atoms with Crippen molar-refractivity contribution in [2.45, 2.75) is 19.9 Å². The molecule has 2 aromatic rings. The number of nitrogens with zero attached hydrogens (tertiary/aromatic N) is 2. The van der Waals surface area contributed by atoms with Gasteiger partial charge in [0.15, 0.2) is 0 Å². The van der Waals surface area contributed by atoms with E-state index in [1.54, 1.807) is 12.4 Å². The number of hydrogen-bond acceptors (Lipinski definition) is 4. The molecule has 1 aliphatic heterocycles. The van der Waals surface area contributed by atoms with Gasteiger partial charge in [0.05, 0.1) is 5.70 Å². The van der Waals surface area contributed by atoms with Crippen molar-refractivity contribution in [2.24, 2.45) is 0 Å². The van der Waals surface area contributed by atoms with Gasteiger partial charge in [-0.25, -0.2) is 5.01 Å². The number of benzene rings is 1. The lowest BCUT2D eigenvalue weighted by Crippen LogP contribution is -2.49. The Balaban J connectivity index is 1.58. The highest BCUT2D eigenvalue weighted by Crippen LogP contribution is 2.17. The number of aryl methyl sites for hydroxylation is 1. The molecule has 0 fully saturated rings. The number of nitrogens with one attached hydrogen (secondary N) is 2. The van der Waals surface area contributed by atoms with Gasteiger partial charge in [0.25, 0.3) is 0 Å². The van der Waals surface area contributed by atoms with Crippen LogP contribution in [0.15, 0.2) is 54.9 Å². The largest absolute Gasteiger partial charge is 0.350 e. The minimum Gasteiger partial charge on any atom is -0.350 e. The van der Waals surface area contributed by atoms with Gasteiger partial charge in [-0.1, -0.05) is 35.9 Å². The minimum absolute atomic E-state index is 0.0394. The fourth-order valence-corrected chi connectivity index (χ4v) is 2.50. The van der Waals surface area contributed by atoms with Crippen LogP contribution in [0, 0.1) is 6.92 Å². The summed E-state index contributed by atoms with van der Waals surface area (Å²) >= 11 is 0. The maximum atomic E-state index is 12.1. The first-order valence-electron chi connectivity index (χ1n) is 8.11. The fourth-order valence-electron chi connectivity index (χ4n) is 2.50. The molecule has 2 amide bonds. The lowest BCUT2D eigenvalue weighted by molar-refractivity contribution is -0.137. The molecule has 1 aromatic carbocycles. The van der Waals surface area contributed by atoms with E-state index < -0.39 is 0 Å². The molecule has 25 heavy (non-hydrogen) atoms. The Morgan fingerprint density at radius 2 is 2.08 bits per heavy atom. The third-order valence-corrected chi connectivity index (χ3v) is 3.91. The van der Waals surface area contributed by atoms with E-state index in [1.807, 2.05) is 49.4 Å². The van der Waals surface area contributed by atoms with Crippen LogP contribution in [0.2, 0.25) is 0 Å². The van der Waals surface area contributed by atoms with Gasteiger partial charge in [-0.3, -0.25) is 20.0 Å². The Bertz CT molecular complexity index is 785. The van der Waals surface area contributed by atoms with Crippen LogP contribution >= 0.6 is 0 Å². The average Bonchev–Trinajstić information content (AvgIpc) is 2.63. The van der Waals surface area contributed by atoms with E-state index in [-0.39, 0.29) is 24.8 Å². The summed E-state index contributed by atoms with van der Waals surface area (Å²) in [7, 11) is 0. The molecule has 1 aromatic heterocycles. The van der Waals surface area contributed by atoms with E-state index in [2.05, 4.69) is 15.7 Å². The molecule has 6 heteroatoms. The Morgan fingerprint density at radius 1 is 1.28 bits per heavy atom. The molecule has 6 nitrogen and oxygen atoms in total. The summed E-state index contributed by atoms with van der Waals surface area (Å²) < 4.78 is 0. The third kappa shape index (κ3) is 4.44. The predicted octanol–water partition coefficient (Wildman–Crippen LogP) is 1.78. The molecular weight excluding hydrogens is 316 g/mol.